The second-order valence-corrected chi connectivity index (χ2v) is 5.95. The summed E-state index contributed by atoms with van der Waals surface area (Å²) in [7, 11) is 0. The molecule has 4 nitrogen and oxygen atoms in total. The quantitative estimate of drug-likeness (QED) is 0.643. The predicted octanol–water partition coefficient (Wildman–Crippen LogP) is 4.79. The lowest BCUT2D eigenvalue weighted by Crippen LogP contribution is -2.06. The highest BCUT2D eigenvalue weighted by atomic mass is 79.9. The number of carboxylic acid groups (broad SMARTS) is 1. The van der Waals surface area contributed by atoms with Crippen molar-refractivity contribution in [3.8, 4) is 16.9 Å². The Morgan fingerprint density at radius 1 is 0.958 bits per heavy atom. The van der Waals surface area contributed by atoms with E-state index in [2.05, 4.69) is 33.0 Å². The van der Waals surface area contributed by atoms with E-state index in [1.165, 1.54) is 0 Å². The summed E-state index contributed by atoms with van der Waals surface area (Å²) in [6.45, 7) is 0.276. The minimum absolute atomic E-state index is 0.106. The van der Waals surface area contributed by atoms with Crippen LogP contribution in [0, 0.1) is 0 Å². The highest BCUT2D eigenvalue weighted by molar-refractivity contribution is 9.10. The average Bonchev–Trinajstić information content (AvgIpc) is 2.62. The Morgan fingerprint density at radius 2 is 1.62 bits per heavy atom. The van der Waals surface area contributed by atoms with E-state index in [4.69, 9.17) is 4.74 Å². The number of carbonyl (C=O) groups is 1. The van der Waals surface area contributed by atoms with Crippen LogP contribution in [-0.4, -0.2) is 16.1 Å². The zero-order valence-electron chi connectivity index (χ0n) is 12.6. The molecule has 24 heavy (non-hydrogen) atoms. The molecule has 0 fully saturated rings. The van der Waals surface area contributed by atoms with Crippen molar-refractivity contribution < 1.29 is 14.6 Å². The second-order valence-electron chi connectivity index (χ2n) is 5.14. The van der Waals surface area contributed by atoms with Crippen molar-refractivity contribution in [2.75, 3.05) is 0 Å². The van der Waals surface area contributed by atoms with Gasteiger partial charge in [0.1, 0.15) is 11.2 Å². The molecule has 1 aromatic heterocycles. The summed E-state index contributed by atoms with van der Waals surface area (Å²) in [6, 6.07) is 21.3. The first-order chi connectivity index (χ1) is 11.6. The van der Waals surface area contributed by atoms with Gasteiger partial charge in [-0.2, -0.15) is 0 Å². The lowest BCUT2D eigenvalue weighted by molar-refractivity contribution is 0.0684. The van der Waals surface area contributed by atoms with Gasteiger partial charge < -0.3 is 9.84 Å². The van der Waals surface area contributed by atoms with E-state index < -0.39 is 5.97 Å². The van der Waals surface area contributed by atoms with Crippen LogP contribution in [-0.2, 0) is 6.61 Å². The zero-order valence-corrected chi connectivity index (χ0v) is 14.2. The first-order valence-corrected chi connectivity index (χ1v) is 8.10. The molecule has 2 aromatic carbocycles. The molecule has 0 saturated carbocycles. The van der Waals surface area contributed by atoms with E-state index in [0.717, 1.165) is 16.7 Å². The van der Waals surface area contributed by atoms with Gasteiger partial charge in [-0.15, -0.1) is 0 Å². The fraction of sp³-hybridized carbons (Fsp3) is 0.0526. The highest BCUT2D eigenvalue weighted by Crippen LogP contribution is 2.22. The van der Waals surface area contributed by atoms with Crippen LogP contribution in [0.4, 0.5) is 0 Å². The number of hydrogen-bond acceptors (Lipinski definition) is 3. The molecule has 5 heteroatoms. The van der Waals surface area contributed by atoms with Gasteiger partial charge in [0.25, 0.3) is 0 Å². The topological polar surface area (TPSA) is 59.4 Å². The van der Waals surface area contributed by atoms with Crippen LogP contribution in [0.1, 0.15) is 16.1 Å². The van der Waals surface area contributed by atoms with Crippen LogP contribution in [0.2, 0.25) is 0 Å². The Labute approximate surface area is 147 Å². The number of pyridine rings is 1. The minimum Gasteiger partial charge on any atom is -0.486 e. The smallest absolute Gasteiger partial charge is 0.358 e. The molecule has 1 heterocycles. The van der Waals surface area contributed by atoms with Crippen molar-refractivity contribution in [3.05, 3.63) is 82.6 Å². The third-order valence-corrected chi connectivity index (χ3v) is 3.92. The van der Waals surface area contributed by atoms with Crippen LogP contribution in [0.25, 0.3) is 11.1 Å². The number of rotatable bonds is 5. The summed E-state index contributed by atoms with van der Waals surface area (Å²) in [5.41, 5.74) is 3.12. The third kappa shape index (κ3) is 3.81. The molecule has 0 saturated heterocycles. The number of hydrogen-bond donors (Lipinski definition) is 1. The highest BCUT2D eigenvalue weighted by Gasteiger charge is 2.14. The Kier molecular flexibility index (Phi) is 4.91. The Morgan fingerprint density at radius 3 is 2.29 bits per heavy atom. The van der Waals surface area contributed by atoms with Gasteiger partial charge in [0, 0.05) is 0 Å². The molecule has 0 aliphatic carbocycles. The maximum atomic E-state index is 11.2. The Bertz CT molecular complexity index is 848. The maximum absolute atomic E-state index is 11.2. The van der Waals surface area contributed by atoms with Crippen molar-refractivity contribution in [2.45, 2.75) is 6.61 Å². The molecular formula is C19H14BrNO3. The summed E-state index contributed by atoms with van der Waals surface area (Å²) in [4.78, 5) is 15.2. The average molecular weight is 384 g/mol. The predicted molar refractivity (Wildman–Crippen MR) is 95.1 cm³/mol. The van der Waals surface area contributed by atoms with Gasteiger partial charge >= 0.3 is 5.97 Å². The number of aromatic carboxylic acids is 1. The Hall–Kier alpha value is -2.66. The SMILES string of the molecule is O=C(O)c1nc(Br)ccc1OCc1ccc(-c2ccccc2)cc1. The standard InChI is InChI=1S/C19H14BrNO3/c20-17-11-10-16(18(21-17)19(22)23)24-12-13-6-8-15(9-7-13)14-4-2-1-3-5-14/h1-11H,12H2,(H,22,23). The van der Waals surface area contributed by atoms with Crippen LogP contribution >= 0.6 is 15.9 Å². The van der Waals surface area contributed by atoms with Crippen molar-refractivity contribution in [1.82, 2.24) is 4.98 Å². The molecule has 0 amide bonds. The monoisotopic (exact) mass is 383 g/mol. The number of carboxylic acids is 1. The van der Waals surface area contributed by atoms with Crippen molar-refractivity contribution >= 4 is 21.9 Å². The van der Waals surface area contributed by atoms with Crippen molar-refractivity contribution in [2.24, 2.45) is 0 Å². The lowest BCUT2D eigenvalue weighted by atomic mass is 10.0. The number of benzene rings is 2. The molecule has 0 atom stereocenters. The lowest BCUT2D eigenvalue weighted by Gasteiger charge is -2.09. The maximum Gasteiger partial charge on any atom is 0.358 e. The summed E-state index contributed by atoms with van der Waals surface area (Å²) in [6.07, 6.45) is 0. The van der Waals surface area contributed by atoms with Gasteiger partial charge in [0.2, 0.25) is 0 Å². The van der Waals surface area contributed by atoms with Crippen LogP contribution < -0.4 is 4.74 Å². The van der Waals surface area contributed by atoms with Gasteiger partial charge in [-0.25, -0.2) is 9.78 Å². The van der Waals surface area contributed by atoms with Crippen molar-refractivity contribution in [3.63, 3.8) is 0 Å². The normalized spacial score (nSPS) is 10.4. The summed E-state index contributed by atoms with van der Waals surface area (Å²) in [5.74, 6) is -0.872. The molecule has 0 bridgehead atoms. The van der Waals surface area contributed by atoms with Gasteiger partial charge in [-0.05, 0) is 44.8 Å². The minimum atomic E-state index is -1.12. The molecule has 0 unspecified atom stereocenters. The molecule has 3 aromatic rings. The van der Waals surface area contributed by atoms with Gasteiger partial charge in [0.05, 0.1) is 0 Å². The van der Waals surface area contributed by atoms with E-state index in [-0.39, 0.29) is 18.1 Å². The van der Waals surface area contributed by atoms with E-state index >= 15 is 0 Å². The fourth-order valence-corrected chi connectivity index (χ4v) is 2.59. The van der Waals surface area contributed by atoms with Gasteiger partial charge in [-0.3, -0.25) is 0 Å². The van der Waals surface area contributed by atoms with Gasteiger partial charge in [-0.1, -0.05) is 54.6 Å². The zero-order chi connectivity index (χ0) is 16.9. The summed E-state index contributed by atoms with van der Waals surface area (Å²) >= 11 is 3.16. The molecule has 0 spiro atoms. The van der Waals surface area contributed by atoms with E-state index in [0.29, 0.717) is 4.60 Å². The number of nitrogens with zero attached hydrogens (tertiary/aromatic N) is 1. The summed E-state index contributed by atoms with van der Waals surface area (Å²) in [5, 5.41) is 9.19. The van der Waals surface area contributed by atoms with Gasteiger partial charge in [0.15, 0.2) is 11.4 Å². The van der Waals surface area contributed by atoms with Crippen LogP contribution in [0.3, 0.4) is 0 Å². The first-order valence-electron chi connectivity index (χ1n) is 7.30. The molecule has 0 radical (unpaired) electrons. The van der Waals surface area contributed by atoms with E-state index in [9.17, 15) is 9.90 Å². The molecule has 3 rings (SSSR count). The molecule has 120 valence electrons. The van der Waals surface area contributed by atoms with Crippen LogP contribution in [0.5, 0.6) is 5.75 Å². The molecule has 0 aliphatic heterocycles. The van der Waals surface area contributed by atoms with E-state index in [1.807, 2.05) is 42.5 Å². The van der Waals surface area contributed by atoms with E-state index in [1.54, 1.807) is 12.1 Å². The number of halogens is 1. The molecule has 0 aliphatic rings. The first kappa shape index (κ1) is 16.2. The van der Waals surface area contributed by atoms with Crippen molar-refractivity contribution in [1.29, 1.82) is 0 Å². The second kappa shape index (κ2) is 7.27. The molecule has 1 N–H and O–H groups in total. The fourth-order valence-electron chi connectivity index (χ4n) is 2.28. The Balaban J connectivity index is 1.73. The number of ether oxygens (including phenoxy) is 1. The third-order valence-electron chi connectivity index (χ3n) is 3.48. The summed E-state index contributed by atoms with van der Waals surface area (Å²) < 4.78 is 6.08. The largest absolute Gasteiger partial charge is 0.486 e. The number of aromatic nitrogens is 1. The molecular weight excluding hydrogens is 370 g/mol. The van der Waals surface area contributed by atoms with Crippen LogP contribution in [0.15, 0.2) is 71.3 Å².